The lowest BCUT2D eigenvalue weighted by Crippen LogP contribution is -2.26. The molecule has 0 aromatic heterocycles. The lowest BCUT2D eigenvalue weighted by molar-refractivity contribution is -0.160. The van der Waals surface area contributed by atoms with E-state index in [-0.39, 0.29) is 24.5 Å². The van der Waals surface area contributed by atoms with Gasteiger partial charge in [-0.2, -0.15) is 0 Å². The third-order valence-corrected chi connectivity index (χ3v) is 6.67. The van der Waals surface area contributed by atoms with Gasteiger partial charge in [-0.1, -0.05) is 104 Å². The lowest BCUT2D eigenvalue weighted by Gasteiger charge is -2.19. The Morgan fingerprint density at radius 3 is 1.66 bits per heavy atom. The average Bonchev–Trinajstić information content (AvgIpc) is 2.82. The smallest absolute Gasteiger partial charge is 0.309 e. The second-order valence-electron chi connectivity index (χ2n) is 10.7. The Morgan fingerprint density at radius 1 is 0.686 bits per heavy atom. The van der Waals surface area contributed by atoms with E-state index in [2.05, 4.69) is 18.7 Å². The largest absolute Gasteiger partial charge is 0.462 e. The van der Waals surface area contributed by atoms with Crippen molar-refractivity contribution in [2.24, 2.45) is 5.92 Å². The molecule has 35 heavy (non-hydrogen) atoms. The summed E-state index contributed by atoms with van der Waals surface area (Å²) >= 11 is 0. The number of unbranched alkanes of at least 4 members (excludes halogenated alkanes) is 13. The van der Waals surface area contributed by atoms with Crippen LogP contribution in [0.15, 0.2) is 0 Å². The maximum absolute atomic E-state index is 12.9. The molecule has 0 aromatic carbocycles. The maximum atomic E-state index is 12.9. The monoisotopic (exact) mass is 497 g/mol. The van der Waals surface area contributed by atoms with Crippen molar-refractivity contribution in [2.45, 2.75) is 149 Å². The summed E-state index contributed by atoms with van der Waals surface area (Å²) in [6.45, 7) is 7.43. The van der Waals surface area contributed by atoms with Crippen molar-refractivity contribution in [2.75, 3.05) is 27.2 Å². The Kier molecular flexibility index (Phi) is 23.8. The quantitative estimate of drug-likeness (QED) is 0.0942. The Labute approximate surface area is 218 Å². The molecule has 5 nitrogen and oxygen atoms in total. The number of nitrogens with zero attached hydrogens (tertiary/aromatic N) is 1. The van der Waals surface area contributed by atoms with Crippen LogP contribution in [0.2, 0.25) is 0 Å². The number of carbonyl (C=O) groups excluding carboxylic acids is 2. The minimum absolute atomic E-state index is 0.0183. The summed E-state index contributed by atoms with van der Waals surface area (Å²) in [4.78, 5) is 27.0. The summed E-state index contributed by atoms with van der Waals surface area (Å²) in [7, 11) is 4.06. The average molecular weight is 498 g/mol. The van der Waals surface area contributed by atoms with Crippen molar-refractivity contribution in [1.82, 2.24) is 4.90 Å². The topological polar surface area (TPSA) is 55.8 Å². The highest BCUT2D eigenvalue weighted by Crippen LogP contribution is 2.21. The highest BCUT2D eigenvalue weighted by Gasteiger charge is 2.21. The SMILES string of the molecule is CCCCCCCCCC(CCCCCCCCC)C(=O)OCC(C)OC(=O)CCCCN(C)C. The van der Waals surface area contributed by atoms with Crippen molar-refractivity contribution in [3.63, 3.8) is 0 Å². The molecule has 0 bridgehead atoms. The minimum atomic E-state index is -0.391. The molecule has 5 heteroatoms. The molecule has 0 amide bonds. The van der Waals surface area contributed by atoms with E-state index in [9.17, 15) is 9.59 Å². The zero-order chi connectivity index (χ0) is 26.2. The summed E-state index contributed by atoms with van der Waals surface area (Å²) in [5, 5.41) is 0. The summed E-state index contributed by atoms with van der Waals surface area (Å²) < 4.78 is 11.1. The van der Waals surface area contributed by atoms with Crippen LogP contribution in [0.5, 0.6) is 0 Å². The number of ether oxygens (including phenoxy) is 2. The molecular formula is C30H59NO4. The van der Waals surface area contributed by atoms with E-state index in [1.807, 2.05) is 21.0 Å². The summed E-state index contributed by atoms with van der Waals surface area (Å²) in [6, 6.07) is 0. The predicted molar refractivity (Wildman–Crippen MR) is 148 cm³/mol. The Balaban J connectivity index is 4.31. The third-order valence-electron chi connectivity index (χ3n) is 6.67. The van der Waals surface area contributed by atoms with Crippen LogP contribution in [0.4, 0.5) is 0 Å². The normalized spacial score (nSPS) is 12.3. The lowest BCUT2D eigenvalue weighted by atomic mass is 9.94. The van der Waals surface area contributed by atoms with Crippen LogP contribution in [0.3, 0.4) is 0 Å². The van der Waals surface area contributed by atoms with Gasteiger partial charge in [0.25, 0.3) is 0 Å². The zero-order valence-electron chi connectivity index (χ0n) is 24.1. The molecule has 0 rings (SSSR count). The Hall–Kier alpha value is -1.10. The van der Waals surface area contributed by atoms with Gasteiger partial charge < -0.3 is 14.4 Å². The van der Waals surface area contributed by atoms with Gasteiger partial charge in [0.15, 0.2) is 0 Å². The first kappa shape index (κ1) is 33.9. The number of hydrogen-bond donors (Lipinski definition) is 0. The first-order chi connectivity index (χ1) is 16.9. The highest BCUT2D eigenvalue weighted by atomic mass is 16.6. The third kappa shape index (κ3) is 23.1. The van der Waals surface area contributed by atoms with E-state index in [1.54, 1.807) is 0 Å². The van der Waals surface area contributed by atoms with Crippen molar-refractivity contribution in [3.8, 4) is 0 Å². The van der Waals surface area contributed by atoms with Gasteiger partial charge in [0, 0.05) is 6.42 Å². The Bertz CT molecular complexity index is 477. The highest BCUT2D eigenvalue weighted by molar-refractivity contribution is 5.72. The molecule has 0 aliphatic heterocycles. The fraction of sp³-hybridized carbons (Fsp3) is 0.933. The number of carbonyl (C=O) groups is 2. The number of esters is 2. The first-order valence-electron chi connectivity index (χ1n) is 14.9. The van der Waals surface area contributed by atoms with Crippen LogP contribution in [0, 0.1) is 5.92 Å². The van der Waals surface area contributed by atoms with E-state index < -0.39 is 6.10 Å². The second kappa shape index (κ2) is 24.6. The van der Waals surface area contributed by atoms with Crippen molar-refractivity contribution >= 4 is 11.9 Å². The van der Waals surface area contributed by atoms with E-state index in [0.717, 1.165) is 45.1 Å². The molecule has 0 saturated carbocycles. The fourth-order valence-electron chi connectivity index (χ4n) is 4.41. The molecule has 0 aliphatic carbocycles. The van der Waals surface area contributed by atoms with E-state index in [4.69, 9.17) is 9.47 Å². The molecule has 0 heterocycles. The van der Waals surface area contributed by atoms with Gasteiger partial charge >= 0.3 is 11.9 Å². The number of hydrogen-bond acceptors (Lipinski definition) is 5. The van der Waals surface area contributed by atoms with Crippen molar-refractivity contribution in [3.05, 3.63) is 0 Å². The van der Waals surface area contributed by atoms with Gasteiger partial charge in [-0.25, -0.2) is 0 Å². The molecule has 0 N–H and O–H groups in total. The molecule has 0 aromatic rings. The molecule has 0 saturated heterocycles. The fourth-order valence-corrected chi connectivity index (χ4v) is 4.41. The van der Waals surface area contributed by atoms with Crippen LogP contribution < -0.4 is 0 Å². The summed E-state index contributed by atoms with van der Waals surface area (Å²) in [6.07, 6.45) is 21.3. The van der Waals surface area contributed by atoms with Crippen molar-refractivity contribution < 1.29 is 19.1 Å². The number of rotatable bonds is 25. The molecule has 0 spiro atoms. The summed E-state index contributed by atoms with van der Waals surface area (Å²) in [5.41, 5.74) is 0. The van der Waals surface area contributed by atoms with Gasteiger partial charge in [0.05, 0.1) is 5.92 Å². The van der Waals surface area contributed by atoms with E-state index in [0.29, 0.717) is 6.42 Å². The van der Waals surface area contributed by atoms with Crippen LogP contribution in [0.1, 0.15) is 143 Å². The van der Waals surface area contributed by atoms with Crippen LogP contribution in [0.25, 0.3) is 0 Å². The maximum Gasteiger partial charge on any atom is 0.309 e. The zero-order valence-corrected chi connectivity index (χ0v) is 24.1. The van der Waals surface area contributed by atoms with Gasteiger partial charge in [-0.15, -0.1) is 0 Å². The van der Waals surface area contributed by atoms with E-state index >= 15 is 0 Å². The van der Waals surface area contributed by atoms with E-state index in [1.165, 1.54) is 77.0 Å². The summed E-state index contributed by atoms with van der Waals surface area (Å²) in [5.74, 6) is -0.318. The second-order valence-corrected chi connectivity index (χ2v) is 10.7. The molecular weight excluding hydrogens is 438 g/mol. The van der Waals surface area contributed by atoms with Crippen LogP contribution >= 0.6 is 0 Å². The molecule has 208 valence electrons. The molecule has 0 fully saturated rings. The van der Waals surface area contributed by atoms with Gasteiger partial charge in [-0.3, -0.25) is 9.59 Å². The van der Waals surface area contributed by atoms with Crippen molar-refractivity contribution in [1.29, 1.82) is 0 Å². The molecule has 0 aliphatic rings. The van der Waals surface area contributed by atoms with Gasteiger partial charge in [-0.05, 0) is 53.2 Å². The molecule has 0 radical (unpaired) electrons. The molecule has 1 unspecified atom stereocenters. The van der Waals surface area contributed by atoms with Gasteiger partial charge in [0.2, 0.25) is 0 Å². The predicted octanol–water partition coefficient (Wildman–Crippen LogP) is 8.09. The molecule has 1 atom stereocenters. The Morgan fingerprint density at radius 2 is 1.17 bits per heavy atom. The van der Waals surface area contributed by atoms with Crippen LogP contribution in [-0.2, 0) is 19.1 Å². The minimum Gasteiger partial charge on any atom is -0.462 e. The van der Waals surface area contributed by atoms with Gasteiger partial charge in [0.1, 0.15) is 12.7 Å². The van der Waals surface area contributed by atoms with Crippen LogP contribution in [-0.4, -0.2) is 50.2 Å². The first-order valence-corrected chi connectivity index (χ1v) is 14.9. The standard InChI is InChI=1S/C30H59NO4/c1-6-8-10-12-14-16-18-22-28(23-19-17-15-13-11-9-7-2)30(33)34-26-27(3)35-29(32)24-20-21-25-31(4)5/h27-28H,6-26H2,1-5H3.